The van der Waals surface area contributed by atoms with Crippen molar-refractivity contribution in [3.63, 3.8) is 0 Å². The van der Waals surface area contributed by atoms with Gasteiger partial charge >= 0.3 is 0 Å². The van der Waals surface area contributed by atoms with E-state index >= 15 is 0 Å². The van der Waals surface area contributed by atoms with Crippen molar-refractivity contribution in [1.29, 1.82) is 0 Å². The van der Waals surface area contributed by atoms with Crippen molar-refractivity contribution < 1.29 is 8.83 Å². The summed E-state index contributed by atoms with van der Waals surface area (Å²) >= 11 is 0. The van der Waals surface area contributed by atoms with Gasteiger partial charge in [-0.1, -0.05) is 121 Å². The number of benzene rings is 8. The Kier molecular flexibility index (Phi) is 6.24. The number of furan rings is 2. The van der Waals surface area contributed by atoms with Crippen LogP contribution in [0.15, 0.2) is 179 Å². The molecular formula is C49H28N4O2. The summed E-state index contributed by atoms with van der Waals surface area (Å²) < 4.78 is 15.5. The molecule has 0 aliphatic rings. The normalized spacial score (nSPS) is 12.0. The van der Waals surface area contributed by atoms with E-state index in [1.54, 1.807) is 0 Å². The second kappa shape index (κ2) is 11.5. The average Bonchev–Trinajstić information content (AvgIpc) is 3.91. The number of aromatic nitrogens is 4. The van der Waals surface area contributed by atoms with Crippen LogP contribution < -0.4 is 0 Å². The molecule has 6 heteroatoms. The van der Waals surface area contributed by atoms with Crippen molar-refractivity contribution in [2.45, 2.75) is 0 Å². The summed E-state index contributed by atoms with van der Waals surface area (Å²) in [5.41, 5.74) is 9.35. The summed E-state index contributed by atoms with van der Waals surface area (Å²) in [7, 11) is 0. The summed E-state index contributed by atoms with van der Waals surface area (Å²) in [6.45, 7) is 0. The molecule has 0 N–H and O–H groups in total. The summed E-state index contributed by atoms with van der Waals surface area (Å²) in [5.74, 6) is 1.83. The van der Waals surface area contributed by atoms with Crippen LogP contribution in [0.2, 0.25) is 0 Å². The van der Waals surface area contributed by atoms with Gasteiger partial charge in [0.2, 0.25) is 0 Å². The molecule has 0 spiro atoms. The van der Waals surface area contributed by atoms with Crippen LogP contribution in [-0.4, -0.2) is 19.5 Å². The van der Waals surface area contributed by atoms with Crippen molar-refractivity contribution in [3.05, 3.63) is 170 Å². The van der Waals surface area contributed by atoms with Crippen LogP contribution in [-0.2, 0) is 0 Å². The molecule has 0 radical (unpaired) electrons. The van der Waals surface area contributed by atoms with Gasteiger partial charge in [-0.25, -0.2) is 15.0 Å². The SMILES string of the molecule is c1ccc(-c2nc(-c3ccccc3)nc(-c3cc4oc5cc(-n6c7ccccc7c7cc8oc9ccccc9c8cc76)ccc5c4c4ccccc34)n2)cc1. The Labute approximate surface area is 313 Å². The van der Waals surface area contributed by atoms with Crippen molar-refractivity contribution in [1.82, 2.24) is 19.5 Å². The first kappa shape index (κ1) is 29.9. The van der Waals surface area contributed by atoms with Crippen LogP contribution in [0.4, 0.5) is 0 Å². The van der Waals surface area contributed by atoms with Crippen LogP contribution in [0.5, 0.6) is 0 Å². The Bertz CT molecular complexity index is 3430. The molecule has 0 fully saturated rings. The molecule has 256 valence electrons. The fraction of sp³-hybridized carbons (Fsp3) is 0. The van der Waals surface area contributed by atoms with E-state index in [1.165, 1.54) is 5.39 Å². The highest BCUT2D eigenvalue weighted by Gasteiger charge is 2.21. The molecule has 0 aliphatic carbocycles. The third-order valence-corrected chi connectivity index (χ3v) is 10.8. The largest absolute Gasteiger partial charge is 0.456 e. The van der Waals surface area contributed by atoms with Gasteiger partial charge in [-0.2, -0.15) is 0 Å². The number of hydrogen-bond donors (Lipinski definition) is 0. The third-order valence-electron chi connectivity index (χ3n) is 10.8. The molecular weight excluding hydrogens is 677 g/mol. The van der Waals surface area contributed by atoms with Gasteiger partial charge in [0.15, 0.2) is 17.5 Å². The van der Waals surface area contributed by atoms with Crippen molar-refractivity contribution in [2.75, 3.05) is 0 Å². The fourth-order valence-electron chi connectivity index (χ4n) is 8.35. The minimum atomic E-state index is 0.593. The first-order valence-electron chi connectivity index (χ1n) is 18.4. The van der Waals surface area contributed by atoms with E-state index in [0.29, 0.717) is 17.5 Å². The van der Waals surface area contributed by atoms with E-state index in [0.717, 1.165) is 93.4 Å². The molecule has 0 saturated heterocycles. The lowest BCUT2D eigenvalue weighted by atomic mass is 9.98. The Balaban J connectivity index is 1.09. The molecule has 8 aromatic carbocycles. The lowest BCUT2D eigenvalue weighted by Crippen LogP contribution is -2.00. The molecule has 4 aromatic heterocycles. The van der Waals surface area contributed by atoms with Gasteiger partial charge in [0.1, 0.15) is 22.3 Å². The van der Waals surface area contributed by atoms with Gasteiger partial charge in [0.05, 0.1) is 11.0 Å². The first-order valence-corrected chi connectivity index (χ1v) is 18.4. The maximum atomic E-state index is 6.83. The van der Waals surface area contributed by atoms with Crippen molar-refractivity contribution in [2.24, 2.45) is 0 Å². The maximum absolute atomic E-state index is 6.83. The molecule has 0 bridgehead atoms. The van der Waals surface area contributed by atoms with Crippen LogP contribution in [0.1, 0.15) is 0 Å². The minimum absolute atomic E-state index is 0.593. The van der Waals surface area contributed by atoms with Gasteiger partial charge in [-0.3, -0.25) is 0 Å². The molecule has 12 aromatic rings. The average molecular weight is 705 g/mol. The minimum Gasteiger partial charge on any atom is -0.456 e. The molecule has 55 heavy (non-hydrogen) atoms. The highest BCUT2D eigenvalue weighted by molar-refractivity contribution is 6.22. The zero-order valence-corrected chi connectivity index (χ0v) is 29.3. The zero-order chi connectivity index (χ0) is 36.0. The van der Waals surface area contributed by atoms with E-state index < -0.39 is 0 Å². The van der Waals surface area contributed by atoms with Gasteiger partial charge in [-0.15, -0.1) is 0 Å². The van der Waals surface area contributed by atoms with E-state index in [1.807, 2.05) is 72.8 Å². The molecule has 12 rings (SSSR count). The summed E-state index contributed by atoms with van der Waals surface area (Å²) in [6.07, 6.45) is 0. The lowest BCUT2D eigenvalue weighted by molar-refractivity contribution is 0.668. The maximum Gasteiger partial charge on any atom is 0.164 e. The Morgan fingerprint density at radius 2 is 0.945 bits per heavy atom. The van der Waals surface area contributed by atoms with Gasteiger partial charge < -0.3 is 13.4 Å². The topological polar surface area (TPSA) is 69.9 Å². The van der Waals surface area contributed by atoms with Crippen molar-refractivity contribution >= 4 is 76.5 Å². The second-order valence-electron chi connectivity index (χ2n) is 14.0. The number of nitrogens with zero attached hydrogens (tertiary/aromatic N) is 4. The Hall–Kier alpha value is -7.57. The number of hydrogen-bond acceptors (Lipinski definition) is 5. The number of rotatable bonds is 4. The quantitative estimate of drug-likeness (QED) is 0.182. The monoisotopic (exact) mass is 704 g/mol. The van der Waals surface area contributed by atoms with Gasteiger partial charge in [0.25, 0.3) is 0 Å². The standard InChI is InChI=1S/C49H28N4O2/c1-3-13-29(14-4-1)47-50-48(30-15-5-2-6-16-30)52-49(51-47)39-28-45-46(35-20-8-7-17-32(35)39)36-24-23-31(25-43(36)55-45)53-40-21-11-9-18-33(40)37-27-44-38(26-41(37)53)34-19-10-12-22-42(34)54-44/h1-28H. The molecule has 0 aliphatic heterocycles. The number of para-hydroxylation sites is 2. The van der Waals surface area contributed by atoms with E-state index in [2.05, 4.69) is 102 Å². The van der Waals surface area contributed by atoms with Gasteiger partial charge in [0, 0.05) is 60.8 Å². The smallest absolute Gasteiger partial charge is 0.164 e. The lowest BCUT2D eigenvalue weighted by Gasteiger charge is -2.11. The summed E-state index contributed by atoms with van der Waals surface area (Å²) in [4.78, 5) is 15.1. The molecule has 0 saturated carbocycles. The highest BCUT2D eigenvalue weighted by atomic mass is 16.3. The zero-order valence-electron chi connectivity index (χ0n) is 29.3. The van der Waals surface area contributed by atoms with E-state index in [4.69, 9.17) is 23.8 Å². The van der Waals surface area contributed by atoms with Crippen LogP contribution in [0, 0.1) is 0 Å². The number of fused-ring (bicyclic) bond motifs is 11. The molecule has 4 heterocycles. The Morgan fingerprint density at radius 3 is 1.71 bits per heavy atom. The predicted molar refractivity (Wildman–Crippen MR) is 223 cm³/mol. The van der Waals surface area contributed by atoms with E-state index in [-0.39, 0.29) is 0 Å². The third kappa shape index (κ3) is 4.52. The summed E-state index contributed by atoms with van der Waals surface area (Å²) in [6, 6.07) is 58.5. The molecule has 0 atom stereocenters. The van der Waals surface area contributed by atoms with Crippen LogP contribution in [0.25, 0.3) is 116 Å². The molecule has 0 amide bonds. The first-order chi connectivity index (χ1) is 27.2. The van der Waals surface area contributed by atoms with Gasteiger partial charge in [-0.05, 0) is 53.2 Å². The van der Waals surface area contributed by atoms with Crippen molar-refractivity contribution in [3.8, 4) is 39.9 Å². The van der Waals surface area contributed by atoms with Crippen LogP contribution in [0.3, 0.4) is 0 Å². The highest BCUT2D eigenvalue weighted by Crippen LogP contribution is 2.42. The molecule has 6 nitrogen and oxygen atoms in total. The van der Waals surface area contributed by atoms with Crippen LogP contribution >= 0.6 is 0 Å². The molecule has 0 unspecified atom stereocenters. The summed E-state index contributed by atoms with van der Waals surface area (Å²) in [5, 5.41) is 8.76. The fourth-order valence-corrected chi connectivity index (χ4v) is 8.35. The Morgan fingerprint density at radius 1 is 0.345 bits per heavy atom. The second-order valence-corrected chi connectivity index (χ2v) is 14.0. The predicted octanol–water partition coefficient (Wildman–Crippen LogP) is 12.9. The van der Waals surface area contributed by atoms with E-state index in [9.17, 15) is 0 Å².